The Morgan fingerprint density at radius 2 is 1.85 bits per heavy atom. The fourth-order valence-corrected chi connectivity index (χ4v) is 2.46. The van der Waals surface area contributed by atoms with E-state index in [9.17, 15) is 4.79 Å². The van der Waals surface area contributed by atoms with Gasteiger partial charge in [-0.3, -0.25) is 4.90 Å². The van der Waals surface area contributed by atoms with Crippen LogP contribution in [0.25, 0.3) is 0 Å². The number of hydrogen-bond acceptors (Lipinski definition) is 2. The number of benzene rings is 1. The van der Waals surface area contributed by atoms with Crippen LogP contribution in [0.15, 0.2) is 28.7 Å². The Balaban J connectivity index is 2.16. The van der Waals surface area contributed by atoms with Crippen LogP contribution in [0.5, 0.6) is 0 Å². The molecule has 1 fully saturated rings. The molecule has 0 N–H and O–H groups in total. The van der Waals surface area contributed by atoms with Crippen molar-refractivity contribution in [1.82, 2.24) is 4.90 Å². The van der Waals surface area contributed by atoms with Gasteiger partial charge in [0, 0.05) is 10.5 Å². The van der Waals surface area contributed by atoms with Crippen molar-refractivity contribution in [2.75, 3.05) is 0 Å². The molecule has 1 aliphatic rings. The number of ether oxygens (including phenoxy) is 1. The van der Waals surface area contributed by atoms with Gasteiger partial charge in [-0.1, -0.05) is 28.1 Å². The highest BCUT2D eigenvalue weighted by Crippen LogP contribution is 2.35. The average Bonchev–Trinajstić information content (AvgIpc) is 3.12. The lowest BCUT2D eigenvalue weighted by atomic mass is 10.1. The van der Waals surface area contributed by atoms with E-state index in [-0.39, 0.29) is 12.1 Å². The highest BCUT2D eigenvalue weighted by Gasteiger charge is 2.38. The van der Waals surface area contributed by atoms with Crippen molar-refractivity contribution in [2.24, 2.45) is 0 Å². The Hall–Kier alpha value is -1.03. The third-order valence-corrected chi connectivity index (χ3v) is 3.84. The number of halogens is 1. The van der Waals surface area contributed by atoms with Gasteiger partial charge in [0.15, 0.2) is 0 Å². The quantitative estimate of drug-likeness (QED) is 0.782. The molecule has 0 spiro atoms. The van der Waals surface area contributed by atoms with Gasteiger partial charge >= 0.3 is 6.09 Å². The SMILES string of the molecule is C[C@@H](c1ccc(Br)cc1)N(C(=O)OC(C)(C)C)C1CC1. The predicted molar refractivity (Wildman–Crippen MR) is 83.7 cm³/mol. The van der Waals surface area contributed by atoms with Gasteiger partial charge in [-0.05, 0) is 58.2 Å². The summed E-state index contributed by atoms with van der Waals surface area (Å²) in [4.78, 5) is 14.3. The molecule has 0 radical (unpaired) electrons. The van der Waals surface area contributed by atoms with Crippen molar-refractivity contribution < 1.29 is 9.53 Å². The van der Waals surface area contributed by atoms with Crippen LogP contribution in [0.3, 0.4) is 0 Å². The molecule has 1 amide bonds. The second-order valence-electron chi connectivity index (χ2n) is 6.35. The van der Waals surface area contributed by atoms with Crippen molar-refractivity contribution in [3.8, 4) is 0 Å². The van der Waals surface area contributed by atoms with Crippen LogP contribution in [-0.4, -0.2) is 22.6 Å². The summed E-state index contributed by atoms with van der Waals surface area (Å²) in [6.07, 6.45) is 1.93. The van der Waals surface area contributed by atoms with Crippen LogP contribution in [0.4, 0.5) is 4.79 Å². The van der Waals surface area contributed by atoms with E-state index in [1.165, 1.54) is 0 Å². The Bertz CT molecular complexity index is 474. The second kappa shape index (κ2) is 5.76. The average molecular weight is 340 g/mol. The largest absolute Gasteiger partial charge is 0.444 e. The Morgan fingerprint density at radius 3 is 2.30 bits per heavy atom. The molecular formula is C16H22BrNO2. The van der Waals surface area contributed by atoms with Crippen molar-refractivity contribution in [2.45, 2.75) is 58.2 Å². The summed E-state index contributed by atoms with van der Waals surface area (Å²) in [5, 5.41) is 0. The Labute approximate surface area is 129 Å². The number of carbonyl (C=O) groups is 1. The van der Waals surface area contributed by atoms with Crippen LogP contribution in [0.1, 0.15) is 52.1 Å². The molecular weight excluding hydrogens is 318 g/mol. The van der Waals surface area contributed by atoms with Crippen molar-refractivity contribution in [1.29, 1.82) is 0 Å². The minimum Gasteiger partial charge on any atom is -0.444 e. The Kier molecular flexibility index (Phi) is 4.43. The van der Waals surface area contributed by atoms with Gasteiger partial charge in [-0.25, -0.2) is 4.79 Å². The van der Waals surface area contributed by atoms with Crippen LogP contribution in [0, 0.1) is 0 Å². The van der Waals surface area contributed by atoms with E-state index in [2.05, 4.69) is 35.0 Å². The van der Waals surface area contributed by atoms with Crippen molar-refractivity contribution in [3.63, 3.8) is 0 Å². The van der Waals surface area contributed by atoms with Gasteiger partial charge in [0.1, 0.15) is 5.60 Å². The molecule has 1 aromatic rings. The summed E-state index contributed by atoms with van der Waals surface area (Å²) in [6.45, 7) is 7.77. The van der Waals surface area contributed by atoms with E-state index >= 15 is 0 Å². The number of carbonyl (C=O) groups excluding carboxylic acids is 1. The number of hydrogen-bond donors (Lipinski definition) is 0. The van der Waals surface area contributed by atoms with Crippen LogP contribution in [0.2, 0.25) is 0 Å². The molecule has 0 saturated heterocycles. The fourth-order valence-electron chi connectivity index (χ4n) is 2.19. The summed E-state index contributed by atoms with van der Waals surface area (Å²) in [6, 6.07) is 8.47. The molecule has 1 aromatic carbocycles. The summed E-state index contributed by atoms with van der Waals surface area (Å²) in [7, 11) is 0. The molecule has 1 aliphatic carbocycles. The number of amides is 1. The van der Waals surface area contributed by atoms with E-state index in [1.807, 2.05) is 37.8 Å². The van der Waals surface area contributed by atoms with E-state index < -0.39 is 5.60 Å². The van der Waals surface area contributed by atoms with E-state index in [1.54, 1.807) is 0 Å². The maximum absolute atomic E-state index is 12.4. The van der Waals surface area contributed by atoms with Crippen LogP contribution < -0.4 is 0 Å². The molecule has 0 bridgehead atoms. The standard InChI is InChI=1S/C16H22BrNO2/c1-11(12-5-7-13(17)8-6-12)18(14-9-10-14)15(19)20-16(2,3)4/h5-8,11,14H,9-10H2,1-4H3/t11-/m0/s1. The topological polar surface area (TPSA) is 29.5 Å². The molecule has 0 heterocycles. The van der Waals surface area contributed by atoms with Crippen molar-refractivity contribution in [3.05, 3.63) is 34.3 Å². The molecule has 0 aliphatic heterocycles. The van der Waals surface area contributed by atoms with Gasteiger partial charge in [0.25, 0.3) is 0 Å². The zero-order valence-electron chi connectivity index (χ0n) is 12.5. The highest BCUT2D eigenvalue weighted by atomic mass is 79.9. The van der Waals surface area contributed by atoms with Crippen molar-refractivity contribution >= 4 is 22.0 Å². The first kappa shape index (κ1) is 15.4. The zero-order valence-corrected chi connectivity index (χ0v) is 14.1. The lowest BCUT2D eigenvalue weighted by molar-refractivity contribution is 0.0153. The predicted octanol–water partition coefficient (Wildman–Crippen LogP) is 4.91. The molecule has 1 saturated carbocycles. The summed E-state index contributed by atoms with van der Waals surface area (Å²) in [5.41, 5.74) is 0.676. The monoisotopic (exact) mass is 339 g/mol. The second-order valence-corrected chi connectivity index (χ2v) is 7.26. The van der Waals surface area contributed by atoms with Gasteiger partial charge in [-0.2, -0.15) is 0 Å². The molecule has 110 valence electrons. The lowest BCUT2D eigenvalue weighted by Gasteiger charge is -2.32. The number of rotatable bonds is 3. The smallest absolute Gasteiger partial charge is 0.411 e. The fraction of sp³-hybridized carbons (Fsp3) is 0.562. The summed E-state index contributed by atoms with van der Waals surface area (Å²) >= 11 is 3.44. The Morgan fingerprint density at radius 1 is 1.30 bits per heavy atom. The van der Waals surface area contributed by atoms with Gasteiger partial charge < -0.3 is 4.74 Å². The van der Waals surface area contributed by atoms with E-state index in [0.29, 0.717) is 6.04 Å². The minimum atomic E-state index is -0.455. The molecule has 0 unspecified atom stereocenters. The molecule has 0 aromatic heterocycles. The summed E-state index contributed by atoms with van der Waals surface area (Å²) in [5.74, 6) is 0. The normalized spacial score (nSPS) is 16.6. The van der Waals surface area contributed by atoms with Gasteiger partial charge in [-0.15, -0.1) is 0 Å². The van der Waals surface area contributed by atoms with Crippen LogP contribution in [-0.2, 0) is 4.74 Å². The molecule has 3 nitrogen and oxygen atoms in total. The highest BCUT2D eigenvalue weighted by molar-refractivity contribution is 9.10. The molecule has 1 atom stereocenters. The molecule has 4 heteroatoms. The van der Waals surface area contributed by atoms with E-state index in [0.717, 1.165) is 22.9 Å². The third-order valence-electron chi connectivity index (χ3n) is 3.31. The maximum atomic E-state index is 12.4. The van der Waals surface area contributed by atoms with Gasteiger partial charge in [0.2, 0.25) is 0 Å². The minimum absolute atomic E-state index is 0.0328. The van der Waals surface area contributed by atoms with Crippen LogP contribution >= 0.6 is 15.9 Å². The number of nitrogens with zero attached hydrogens (tertiary/aromatic N) is 1. The zero-order chi connectivity index (χ0) is 14.9. The lowest BCUT2D eigenvalue weighted by Crippen LogP contribution is -2.39. The van der Waals surface area contributed by atoms with E-state index in [4.69, 9.17) is 4.74 Å². The molecule has 2 rings (SSSR count). The first-order valence-corrected chi connectivity index (χ1v) is 7.84. The third kappa shape index (κ3) is 3.98. The summed E-state index contributed by atoms with van der Waals surface area (Å²) < 4.78 is 6.59. The first-order valence-electron chi connectivity index (χ1n) is 7.05. The van der Waals surface area contributed by atoms with Gasteiger partial charge in [0.05, 0.1) is 6.04 Å². The first-order chi connectivity index (χ1) is 9.28. The maximum Gasteiger partial charge on any atom is 0.411 e. The molecule has 20 heavy (non-hydrogen) atoms.